The van der Waals surface area contributed by atoms with Crippen LogP contribution in [0.5, 0.6) is 0 Å². The number of anilines is 1. The first-order valence-corrected chi connectivity index (χ1v) is 7.36. The summed E-state index contributed by atoms with van der Waals surface area (Å²) in [6.07, 6.45) is -0.149. The molecule has 0 aromatic heterocycles. The van der Waals surface area contributed by atoms with Gasteiger partial charge in [-0.05, 0) is 38.5 Å². The Morgan fingerprint density at radius 3 is 2.48 bits per heavy atom. The maximum Gasteiger partial charge on any atom is 0.319 e. The molecular weight excluding hydrogens is 298 g/mol. The number of aryl methyl sites for hydroxylation is 1. The number of carboxylic acids is 1. The van der Waals surface area contributed by atoms with Crippen LogP contribution < -0.4 is 10.6 Å². The van der Waals surface area contributed by atoms with Crippen molar-refractivity contribution < 1.29 is 19.5 Å². The number of benzene rings is 1. The average Bonchev–Trinajstić information content (AvgIpc) is 2.47. The van der Waals surface area contributed by atoms with Gasteiger partial charge in [0.05, 0.1) is 6.42 Å². The molecule has 1 aromatic carbocycles. The number of hydrogen-bond acceptors (Lipinski definition) is 3. The van der Waals surface area contributed by atoms with Gasteiger partial charge in [-0.3, -0.25) is 9.59 Å². The molecular formula is C16H23N3O4. The van der Waals surface area contributed by atoms with Crippen LogP contribution in [-0.4, -0.2) is 47.5 Å². The molecule has 0 fully saturated rings. The summed E-state index contributed by atoms with van der Waals surface area (Å²) in [4.78, 5) is 36.1. The first kappa shape index (κ1) is 18.5. The fourth-order valence-corrected chi connectivity index (χ4v) is 1.81. The normalized spacial score (nSPS) is 10.3. The smallest absolute Gasteiger partial charge is 0.319 e. The number of aliphatic carboxylic acids is 1. The molecule has 3 N–H and O–H groups in total. The first-order valence-electron chi connectivity index (χ1n) is 7.36. The third-order valence-electron chi connectivity index (χ3n) is 3.45. The summed E-state index contributed by atoms with van der Waals surface area (Å²) in [6.45, 7) is 5.71. The van der Waals surface area contributed by atoms with E-state index in [4.69, 9.17) is 5.11 Å². The second kappa shape index (κ2) is 8.17. The fourth-order valence-electron chi connectivity index (χ4n) is 1.81. The van der Waals surface area contributed by atoms with Gasteiger partial charge in [0.2, 0.25) is 0 Å². The van der Waals surface area contributed by atoms with E-state index < -0.39 is 12.0 Å². The fraction of sp³-hybridized carbons (Fsp3) is 0.438. The van der Waals surface area contributed by atoms with E-state index in [2.05, 4.69) is 10.6 Å². The van der Waals surface area contributed by atoms with E-state index in [1.807, 2.05) is 20.8 Å². The lowest BCUT2D eigenvalue weighted by molar-refractivity contribution is -0.136. The van der Waals surface area contributed by atoms with Gasteiger partial charge in [-0.25, -0.2) is 4.79 Å². The number of amides is 3. The second-order valence-electron chi connectivity index (χ2n) is 5.56. The van der Waals surface area contributed by atoms with Crippen LogP contribution in [0.3, 0.4) is 0 Å². The third kappa shape index (κ3) is 5.61. The zero-order chi connectivity index (χ0) is 17.6. The molecule has 126 valence electrons. The standard InChI is InChI=1S/C16H23N3O4/c1-10(2)19(4)15(22)13-9-12(6-5-11(13)3)18-16(23)17-8-7-14(20)21/h5-6,9-10H,7-8H2,1-4H3,(H,20,21)(H2,17,18,23). The first-order chi connectivity index (χ1) is 10.7. The number of rotatable bonds is 6. The highest BCUT2D eigenvalue weighted by atomic mass is 16.4. The number of nitrogens with one attached hydrogen (secondary N) is 2. The molecule has 0 aliphatic heterocycles. The Hall–Kier alpha value is -2.57. The number of carbonyl (C=O) groups excluding carboxylic acids is 2. The molecule has 0 atom stereocenters. The summed E-state index contributed by atoms with van der Waals surface area (Å²) in [5, 5.41) is 13.6. The van der Waals surface area contributed by atoms with Crippen molar-refractivity contribution in [1.82, 2.24) is 10.2 Å². The number of urea groups is 1. The minimum atomic E-state index is -0.981. The average molecular weight is 321 g/mol. The zero-order valence-corrected chi connectivity index (χ0v) is 13.8. The minimum absolute atomic E-state index is 0.0366. The topological polar surface area (TPSA) is 98.7 Å². The zero-order valence-electron chi connectivity index (χ0n) is 13.8. The van der Waals surface area contributed by atoms with Gasteiger partial charge in [0.1, 0.15) is 0 Å². The molecule has 7 heteroatoms. The molecule has 3 amide bonds. The molecule has 0 heterocycles. The Morgan fingerprint density at radius 1 is 1.26 bits per heavy atom. The van der Waals surface area contributed by atoms with Crippen molar-refractivity contribution in [2.75, 3.05) is 18.9 Å². The van der Waals surface area contributed by atoms with Crippen molar-refractivity contribution in [3.05, 3.63) is 29.3 Å². The van der Waals surface area contributed by atoms with E-state index in [0.717, 1.165) is 5.56 Å². The summed E-state index contributed by atoms with van der Waals surface area (Å²) >= 11 is 0. The SMILES string of the molecule is Cc1ccc(NC(=O)NCCC(=O)O)cc1C(=O)N(C)C(C)C. The van der Waals surface area contributed by atoms with Gasteiger partial charge in [-0.15, -0.1) is 0 Å². The molecule has 7 nitrogen and oxygen atoms in total. The second-order valence-corrected chi connectivity index (χ2v) is 5.56. The molecule has 0 spiro atoms. The lowest BCUT2D eigenvalue weighted by Gasteiger charge is -2.22. The van der Waals surface area contributed by atoms with Gasteiger partial charge in [0.15, 0.2) is 0 Å². The van der Waals surface area contributed by atoms with Crippen molar-refractivity contribution in [2.45, 2.75) is 33.2 Å². The van der Waals surface area contributed by atoms with E-state index in [1.54, 1.807) is 30.1 Å². The lowest BCUT2D eigenvalue weighted by atomic mass is 10.1. The molecule has 1 aromatic rings. The van der Waals surface area contributed by atoms with Gasteiger partial charge in [-0.1, -0.05) is 6.07 Å². The summed E-state index contributed by atoms with van der Waals surface area (Å²) in [5.74, 6) is -1.10. The molecule has 0 saturated carbocycles. The van der Waals surface area contributed by atoms with Gasteiger partial charge < -0.3 is 20.6 Å². The van der Waals surface area contributed by atoms with Gasteiger partial charge in [0, 0.05) is 30.9 Å². The molecule has 0 radical (unpaired) electrons. The lowest BCUT2D eigenvalue weighted by Crippen LogP contribution is -2.33. The van der Waals surface area contributed by atoms with Crippen molar-refractivity contribution in [3.63, 3.8) is 0 Å². The van der Waals surface area contributed by atoms with Gasteiger partial charge >= 0.3 is 12.0 Å². The predicted octanol–water partition coefficient (Wildman–Crippen LogP) is 2.07. The number of nitrogens with zero attached hydrogens (tertiary/aromatic N) is 1. The molecule has 0 aliphatic carbocycles. The van der Waals surface area contributed by atoms with Crippen LogP contribution in [0, 0.1) is 6.92 Å². The highest BCUT2D eigenvalue weighted by molar-refractivity contribution is 5.98. The molecule has 23 heavy (non-hydrogen) atoms. The summed E-state index contributed by atoms with van der Waals surface area (Å²) in [7, 11) is 1.73. The van der Waals surface area contributed by atoms with Crippen molar-refractivity contribution >= 4 is 23.6 Å². The van der Waals surface area contributed by atoms with Crippen LogP contribution in [0.25, 0.3) is 0 Å². The van der Waals surface area contributed by atoms with Crippen LogP contribution in [0.1, 0.15) is 36.2 Å². The largest absolute Gasteiger partial charge is 0.481 e. The minimum Gasteiger partial charge on any atom is -0.481 e. The van der Waals surface area contributed by atoms with Gasteiger partial charge in [0.25, 0.3) is 5.91 Å². The maximum absolute atomic E-state index is 12.4. The van der Waals surface area contributed by atoms with Crippen molar-refractivity contribution in [3.8, 4) is 0 Å². The molecule has 1 rings (SSSR count). The summed E-state index contributed by atoms with van der Waals surface area (Å²) in [5.41, 5.74) is 1.81. The van der Waals surface area contributed by atoms with E-state index in [1.165, 1.54) is 0 Å². The number of carboxylic acid groups (broad SMARTS) is 1. The number of carbonyl (C=O) groups is 3. The molecule has 0 saturated heterocycles. The van der Waals surface area contributed by atoms with E-state index in [-0.39, 0.29) is 24.9 Å². The van der Waals surface area contributed by atoms with Crippen LogP contribution in [0.2, 0.25) is 0 Å². The Labute approximate surface area is 135 Å². The van der Waals surface area contributed by atoms with E-state index in [0.29, 0.717) is 11.3 Å². The van der Waals surface area contributed by atoms with Crippen LogP contribution in [0.4, 0.5) is 10.5 Å². The van der Waals surface area contributed by atoms with Crippen LogP contribution >= 0.6 is 0 Å². The predicted molar refractivity (Wildman–Crippen MR) is 87.7 cm³/mol. The Bertz CT molecular complexity index is 599. The molecule has 0 unspecified atom stereocenters. The van der Waals surface area contributed by atoms with Gasteiger partial charge in [-0.2, -0.15) is 0 Å². The summed E-state index contributed by atoms with van der Waals surface area (Å²) < 4.78 is 0. The highest BCUT2D eigenvalue weighted by Gasteiger charge is 2.17. The summed E-state index contributed by atoms with van der Waals surface area (Å²) in [6, 6.07) is 4.63. The Kier molecular flexibility index (Phi) is 6.56. The quantitative estimate of drug-likeness (QED) is 0.747. The molecule has 0 bridgehead atoms. The molecule has 0 aliphatic rings. The van der Waals surface area contributed by atoms with E-state index in [9.17, 15) is 14.4 Å². The maximum atomic E-state index is 12.4. The Balaban J connectivity index is 2.79. The monoisotopic (exact) mass is 321 g/mol. The Morgan fingerprint density at radius 2 is 1.91 bits per heavy atom. The highest BCUT2D eigenvalue weighted by Crippen LogP contribution is 2.17. The third-order valence-corrected chi connectivity index (χ3v) is 3.45. The van der Waals surface area contributed by atoms with Crippen molar-refractivity contribution in [1.29, 1.82) is 0 Å². The van der Waals surface area contributed by atoms with Crippen molar-refractivity contribution in [2.24, 2.45) is 0 Å². The van der Waals surface area contributed by atoms with E-state index >= 15 is 0 Å². The van der Waals surface area contributed by atoms with Crippen LogP contribution in [0.15, 0.2) is 18.2 Å². The number of hydrogen-bond donors (Lipinski definition) is 3. The van der Waals surface area contributed by atoms with Crippen LogP contribution in [-0.2, 0) is 4.79 Å².